The van der Waals surface area contributed by atoms with Gasteiger partial charge in [0.2, 0.25) is 5.91 Å². The molecule has 2 rings (SSSR count). The normalized spacial score (nSPS) is 12.2. The minimum Gasteiger partial charge on any atom is -0.387 e. The molecule has 0 aliphatic carbocycles. The smallest absolute Gasteiger partial charge is 0.246 e. The molecule has 7 heteroatoms. The maximum Gasteiger partial charge on any atom is 0.246 e. The molecule has 0 saturated heterocycles. The molecule has 0 saturated carbocycles. The first-order valence-corrected chi connectivity index (χ1v) is 6.47. The third-order valence-corrected chi connectivity index (χ3v) is 3.00. The summed E-state index contributed by atoms with van der Waals surface area (Å²) < 4.78 is 1.37. The first kappa shape index (κ1) is 14.5. The Balaban J connectivity index is 2.03. The number of amides is 1. The van der Waals surface area contributed by atoms with E-state index < -0.39 is 6.10 Å². The van der Waals surface area contributed by atoms with Crippen LogP contribution in [0.4, 0.5) is 5.69 Å². The zero-order chi connectivity index (χ0) is 14.7. The molecule has 6 nitrogen and oxygen atoms in total. The van der Waals surface area contributed by atoms with Gasteiger partial charge in [0.05, 0.1) is 12.3 Å². The predicted octanol–water partition coefficient (Wildman–Crippen LogP) is 1.93. The van der Waals surface area contributed by atoms with Crippen molar-refractivity contribution < 1.29 is 9.90 Å². The first-order chi connectivity index (χ1) is 9.45. The Morgan fingerprint density at radius 3 is 2.95 bits per heavy atom. The van der Waals surface area contributed by atoms with Crippen LogP contribution in [0.3, 0.4) is 0 Å². The van der Waals surface area contributed by atoms with E-state index in [0.717, 1.165) is 5.56 Å². The molecule has 0 spiro atoms. The molecule has 106 valence electrons. The Kier molecular flexibility index (Phi) is 4.36. The van der Waals surface area contributed by atoms with E-state index in [4.69, 9.17) is 11.6 Å². The summed E-state index contributed by atoms with van der Waals surface area (Å²) in [4.78, 5) is 11.9. The Hall–Kier alpha value is -1.92. The van der Waals surface area contributed by atoms with Crippen molar-refractivity contribution in [3.8, 4) is 0 Å². The lowest BCUT2D eigenvalue weighted by molar-refractivity contribution is -0.116. The number of carbonyl (C=O) groups excluding carboxylic acids is 1. The second kappa shape index (κ2) is 6.02. The monoisotopic (exact) mass is 294 g/mol. The lowest BCUT2D eigenvalue weighted by Gasteiger charge is -2.08. The fraction of sp³-hybridized carbons (Fsp3) is 0.308. The molecule has 2 aromatic rings. The van der Waals surface area contributed by atoms with Crippen LogP contribution in [0, 0.1) is 6.92 Å². The maximum atomic E-state index is 11.9. The maximum absolute atomic E-state index is 11.9. The number of benzene rings is 1. The van der Waals surface area contributed by atoms with Crippen LogP contribution >= 0.6 is 11.6 Å². The van der Waals surface area contributed by atoms with Crippen LogP contribution in [0.2, 0.25) is 5.02 Å². The zero-order valence-electron chi connectivity index (χ0n) is 11.2. The third-order valence-electron chi connectivity index (χ3n) is 2.76. The van der Waals surface area contributed by atoms with Crippen LogP contribution in [0.15, 0.2) is 24.4 Å². The van der Waals surface area contributed by atoms with Crippen molar-refractivity contribution in [1.82, 2.24) is 15.0 Å². The van der Waals surface area contributed by atoms with Gasteiger partial charge in [-0.1, -0.05) is 22.9 Å². The van der Waals surface area contributed by atoms with Gasteiger partial charge in [-0.25, -0.2) is 4.68 Å². The fourth-order valence-electron chi connectivity index (χ4n) is 1.65. The number of hydrogen-bond acceptors (Lipinski definition) is 4. The summed E-state index contributed by atoms with van der Waals surface area (Å²) >= 11 is 5.89. The van der Waals surface area contributed by atoms with Gasteiger partial charge in [0.1, 0.15) is 12.2 Å². The van der Waals surface area contributed by atoms with E-state index in [9.17, 15) is 9.90 Å². The van der Waals surface area contributed by atoms with E-state index in [-0.39, 0.29) is 12.5 Å². The fourth-order valence-corrected chi connectivity index (χ4v) is 1.82. The van der Waals surface area contributed by atoms with Gasteiger partial charge in [0.15, 0.2) is 0 Å². The minimum atomic E-state index is -0.706. The van der Waals surface area contributed by atoms with Gasteiger partial charge in [-0.15, -0.1) is 5.10 Å². The van der Waals surface area contributed by atoms with Crippen molar-refractivity contribution in [2.24, 2.45) is 0 Å². The number of rotatable bonds is 4. The average molecular weight is 295 g/mol. The van der Waals surface area contributed by atoms with E-state index in [2.05, 4.69) is 15.6 Å². The molecular formula is C13H15ClN4O2. The highest BCUT2D eigenvalue weighted by molar-refractivity contribution is 6.31. The lowest BCUT2D eigenvalue weighted by Crippen LogP contribution is -2.19. The predicted molar refractivity (Wildman–Crippen MR) is 75.5 cm³/mol. The van der Waals surface area contributed by atoms with Gasteiger partial charge in [-0.3, -0.25) is 4.79 Å². The molecule has 1 heterocycles. The largest absolute Gasteiger partial charge is 0.387 e. The second-order valence-corrected chi connectivity index (χ2v) is 4.96. The van der Waals surface area contributed by atoms with Crippen molar-refractivity contribution in [2.45, 2.75) is 26.5 Å². The van der Waals surface area contributed by atoms with Crippen LogP contribution < -0.4 is 5.32 Å². The van der Waals surface area contributed by atoms with E-state index in [1.165, 1.54) is 10.9 Å². The minimum absolute atomic E-state index is 0.0195. The van der Waals surface area contributed by atoms with Crippen LogP contribution in [0.5, 0.6) is 0 Å². The third kappa shape index (κ3) is 3.55. The number of hydrogen-bond donors (Lipinski definition) is 2. The molecule has 0 aliphatic heterocycles. The zero-order valence-corrected chi connectivity index (χ0v) is 11.9. The molecule has 1 amide bonds. The molecule has 1 unspecified atom stereocenters. The summed E-state index contributed by atoms with van der Waals surface area (Å²) in [6.07, 6.45) is 0.830. The molecular weight excluding hydrogens is 280 g/mol. The number of aliphatic hydroxyl groups excluding tert-OH is 1. The lowest BCUT2D eigenvalue weighted by atomic mass is 10.2. The van der Waals surface area contributed by atoms with E-state index >= 15 is 0 Å². The Morgan fingerprint density at radius 2 is 2.30 bits per heavy atom. The molecule has 2 N–H and O–H groups in total. The van der Waals surface area contributed by atoms with Crippen molar-refractivity contribution in [3.63, 3.8) is 0 Å². The molecule has 0 fully saturated rings. The Bertz CT molecular complexity index is 625. The van der Waals surface area contributed by atoms with Crippen LogP contribution in [-0.4, -0.2) is 26.0 Å². The summed E-state index contributed by atoms with van der Waals surface area (Å²) in [5.41, 5.74) is 2.01. The Labute approximate surface area is 121 Å². The molecule has 0 aliphatic rings. The molecule has 0 radical (unpaired) electrons. The number of carbonyl (C=O) groups is 1. The molecule has 20 heavy (non-hydrogen) atoms. The van der Waals surface area contributed by atoms with E-state index in [1.807, 2.05) is 13.0 Å². The summed E-state index contributed by atoms with van der Waals surface area (Å²) in [7, 11) is 0. The van der Waals surface area contributed by atoms with Crippen molar-refractivity contribution >= 4 is 23.2 Å². The number of aliphatic hydroxyl groups is 1. The Morgan fingerprint density at radius 1 is 1.55 bits per heavy atom. The van der Waals surface area contributed by atoms with Gasteiger partial charge in [-0.05, 0) is 31.5 Å². The van der Waals surface area contributed by atoms with Crippen LogP contribution in [-0.2, 0) is 11.3 Å². The highest BCUT2D eigenvalue weighted by Gasteiger charge is 2.10. The number of halogens is 1. The summed E-state index contributed by atoms with van der Waals surface area (Å²) in [6, 6.07) is 5.29. The first-order valence-electron chi connectivity index (χ1n) is 6.10. The van der Waals surface area contributed by atoms with Crippen molar-refractivity contribution in [3.05, 3.63) is 40.7 Å². The summed E-state index contributed by atoms with van der Waals surface area (Å²) in [5, 5.41) is 20.2. The molecule has 0 bridgehead atoms. The van der Waals surface area contributed by atoms with Gasteiger partial charge >= 0.3 is 0 Å². The van der Waals surface area contributed by atoms with Crippen molar-refractivity contribution in [1.29, 1.82) is 0 Å². The average Bonchev–Trinajstić information content (AvgIpc) is 2.82. The van der Waals surface area contributed by atoms with Gasteiger partial charge in [-0.2, -0.15) is 0 Å². The molecule has 1 atom stereocenters. The topological polar surface area (TPSA) is 80.0 Å². The number of aryl methyl sites for hydroxylation is 1. The van der Waals surface area contributed by atoms with E-state index in [0.29, 0.717) is 16.4 Å². The number of aromatic nitrogens is 3. The number of nitrogens with zero attached hydrogens (tertiary/aromatic N) is 3. The number of nitrogens with one attached hydrogen (secondary N) is 1. The van der Waals surface area contributed by atoms with Crippen molar-refractivity contribution in [2.75, 3.05) is 5.32 Å². The highest BCUT2D eigenvalue weighted by Crippen LogP contribution is 2.20. The second-order valence-electron chi connectivity index (χ2n) is 4.52. The van der Waals surface area contributed by atoms with Gasteiger partial charge in [0, 0.05) is 10.7 Å². The highest BCUT2D eigenvalue weighted by atomic mass is 35.5. The number of anilines is 1. The molecule has 1 aromatic heterocycles. The quantitative estimate of drug-likeness (QED) is 0.903. The van der Waals surface area contributed by atoms with Gasteiger partial charge in [0.25, 0.3) is 0 Å². The van der Waals surface area contributed by atoms with Gasteiger partial charge < -0.3 is 10.4 Å². The molecule has 1 aromatic carbocycles. The van der Waals surface area contributed by atoms with Crippen LogP contribution in [0.25, 0.3) is 0 Å². The SMILES string of the molecule is Cc1ccc(Cl)cc1NC(=O)Cn1cc(C(C)O)nn1. The summed E-state index contributed by atoms with van der Waals surface area (Å²) in [5.74, 6) is -0.239. The standard InChI is InChI=1S/C13H15ClN4O2/c1-8-3-4-10(14)5-11(8)15-13(20)7-18-6-12(9(2)19)16-17-18/h3-6,9,19H,7H2,1-2H3,(H,15,20). The summed E-state index contributed by atoms with van der Waals surface area (Å²) in [6.45, 7) is 3.49. The van der Waals surface area contributed by atoms with E-state index in [1.54, 1.807) is 19.1 Å². The van der Waals surface area contributed by atoms with Crippen LogP contribution in [0.1, 0.15) is 24.3 Å².